The van der Waals surface area contributed by atoms with Gasteiger partial charge in [-0.1, -0.05) is 30.8 Å². The molecule has 2 amide bonds. The molecule has 1 fully saturated rings. The summed E-state index contributed by atoms with van der Waals surface area (Å²) < 4.78 is 5.09. The third kappa shape index (κ3) is 5.62. The lowest BCUT2D eigenvalue weighted by molar-refractivity contribution is -0.136. The van der Waals surface area contributed by atoms with Crippen LogP contribution in [0, 0.1) is 12.8 Å². The fraction of sp³-hybridized carbons (Fsp3) is 0.545. The van der Waals surface area contributed by atoms with Gasteiger partial charge in [-0.2, -0.15) is 0 Å². The van der Waals surface area contributed by atoms with E-state index in [1.807, 2.05) is 17.9 Å². The summed E-state index contributed by atoms with van der Waals surface area (Å²) in [5.74, 6) is 1.59. The first-order valence-electron chi connectivity index (χ1n) is 10.6. The van der Waals surface area contributed by atoms with Gasteiger partial charge in [0.25, 0.3) is 5.91 Å². The molecule has 2 aromatic rings. The van der Waals surface area contributed by atoms with Gasteiger partial charge in [-0.25, -0.2) is 4.98 Å². The fourth-order valence-electron chi connectivity index (χ4n) is 3.71. The van der Waals surface area contributed by atoms with Crippen molar-refractivity contribution in [2.24, 2.45) is 5.92 Å². The van der Waals surface area contributed by atoms with Gasteiger partial charge in [0.1, 0.15) is 10.8 Å². The van der Waals surface area contributed by atoms with Crippen LogP contribution in [0.4, 0.5) is 0 Å². The average molecular weight is 431 g/mol. The van der Waals surface area contributed by atoms with Gasteiger partial charge in [-0.15, -0.1) is 0 Å². The highest BCUT2D eigenvalue weighted by atomic mass is 32.2. The van der Waals surface area contributed by atoms with Crippen molar-refractivity contribution in [3.63, 3.8) is 0 Å². The molecule has 0 saturated carbocycles. The van der Waals surface area contributed by atoms with Crippen LogP contribution < -0.4 is 5.32 Å². The van der Waals surface area contributed by atoms with Crippen molar-refractivity contribution in [3.8, 4) is 0 Å². The Labute approximate surface area is 182 Å². The molecule has 162 valence electrons. The minimum Gasteiger partial charge on any atom is -0.361 e. The Bertz CT molecular complexity index is 858. The number of aromatic nitrogens is 2. The maximum Gasteiger partial charge on any atom is 0.254 e. The molecule has 1 N–H and O–H groups in total. The van der Waals surface area contributed by atoms with Crippen LogP contribution in [0.5, 0.6) is 0 Å². The van der Waals surface area contributed by atoms with Crippen molar-refractivity contribution in [2.75, 3.05) is 13.1 Å². The summed E-state index contributed by atoms with van der Waals surface area (Å²) in [4.78, 5) is 31.8. The maximum absolute atomic E-state index is 12.9. The van der Waals surface area contributed by atoms with Crippen LogP contribution in [0.25, 0.3) is 0 Å². The molecule has 8 heteroatoms. The maximum atomic E-state index is 12.9. The number of piperidine rings is 1. The zero-order valence-corrected chi connectivity index (χ0v) is 18.7. The Morgan fingerprint density at radius 1 is 1.30 bits per heavy atom. The van der Waals surface area contributed by atoms with Crippen molar-refractivity contribution < 1.29 is 14.1 Å². The van der Waals surface area contributed by atoms with Gasteiger partial charge < -0.3 is 14.7 Å². The van der Waals surface area contributed by atoms with E-state index < -0.39 is 0 Å². The number of thioether (sulfide) groups is 1. The second-order valence-corrected chi connectivity index (χ2v) is 8.62. The number of likely N-dealkylation sites (tertiary alicyclic amines) is 1. The van der Waals surface area contributed by atoms with Crippen LogP contribution in [0.1, 0.15) is 61.3 Å². The molecule has 0 bridgehead atoms. The number of amides is 2. The first-order chi connectivity index (χ1) is 14.5. The molecule has 0 atom stereocenters. The number of hydrogen-bond acceptors (Lipinski definition) is 6. The largest absolute Gasteiger partial charge is 0.361 e. The van der Waals surface area contributed by atoms with E-state index in [0.29, 0.717) is 29.4 Å². The van der Waals surface area contributed by atoms with Gasteiger partial charge in [-0.3, -0.25) is 9.59 Å². The molecule has 30 heavy (non-hydrogen) atoms. The van der Waals surface area contributed by atoms with E-state index in [-0.39, 0.29) is 23.8 Å². The number of nitrogens with zero attached hydrogens (tertiary/aromatic N) is 3. The monoisotopic (exact) mass is 430 g/mol. The van der Waals surface area contributed by atoms with Crippen molar-refractivity contribution in [2.45, 2.75) is 63.3 Å². The van der Waals surface area contributed by atoms with Crippen LogP contribution in [0.15, 0.2) is 33.9 Å². The van der Waals surface area contributed by atoms with Gasteiger partial charge in [0.2, 0.25) is 5.91 Å². The highest BCUT2D eigenvalue weighted by molar-refractivity contribution is 7.98. The predicted molar refractivity (Wildman–Crippen MR) is 116 cm³/mol. The lowest BCUT2D eigenvalue weighted by Gasteiger charge is -2.34. The summed E-state index contributed by atoms with van der Waals surface area (Å²) >= 11 is 1.47. The molecule has 1 aliphatic heterocycles. The number of carbonyl (C=O) groups excluding carboxylic acids is 2. The normalized spacial score (nSPS) is 14.9. The molecule has 3 heterocycles. The zero-order chi connectivity index (χ0) is 21.5. The van der Waals surface area contributed by atoms with E-state index in [4.69, 9.17) is 4.52 Å². The molecule has 7 nitrogen and oxygen atoms in total. The summed E-state index contributed by atoms with van der Waals surface area (Å²) in [6.45, 7) is 7.36. The van der Waals surface area contributed by atoms with Crippen LogP contribution in [-0.4, -0.2) is 46.0 Å². The Morgan fingerprint density at radius 3 is 2.67 bits per heavy atom. The number of rotatable bonds is 8. The first-order valence-corrected chi connectivity index (χ1v) is 11.6. The standard InChI is InChI=1S/C22H30N4O3S/c1-4-16(5-2)22(28)26-11-8-17(9-12-26)24-20(27)19-7-6-10-23-21(19)30-14-18-13-15(3)29-25-18/h6-7,10,13,16-17H,4-5,8-9,11-12,14H2,1-3H3,(H,24,27). The van der Waals surface area contributed by atoms with Gasteiger partial charge in [0.05, 0.1) is 11.3 Å². The van der Waals surface area contributed by atoms with Crippen molar-refractivity contribution in [1.82, 2.24) is 20.4 Å². The molecule has 1 aliphatic rings. The van der Waals surface area contributed by atoms with Crippen LogP contribution in [0.3, 0.4) is 0 Å². The highest BCUT2D eigenvalue weighted by Gasteiger charge is 2.27. The van der Waals surface area contributed by atoms with E-state index in [2.05, 4.69) is 29.3 Å². The van der Waals surface area contributed by atoms with Crippen LogP contribution in [0.2, 0.25) is 0 Å². The molecule has 0 aromatic carbocycles. The van der Waals surface area contributed by atoms with Gasteiger partial charge in [-0.05, 0) is 44.7 Å². The molecular weight excluding hydrogens is 400 g/mol. The number of carbonyl (C=O) groups is 2. The number of pyridine rings is 1. The Kier molecular flexibility index (Phi) is 7.90. The lowest BCUT2D eigenvalue weighted by Crippen LogP contribution is -2.48. The number of nitrogens with one attached hydrogen (secondary N) is 1. The number of aryl methyl sites for hydroxylation is 1. The van der Waals surface area contributed by atoms with E-state index in [9.17, 15) is 9.59 Å². The van der Waals surface area contributed by atoms with Crippen LogP contribution in [-0.2, 0) is 10.5 Å². The van der Waals surface area contributed by atoms with Crippen molar-refractivity contribution >= 4 is 23.6 Å². The van der Waals surface area contributed by atoms with E-state index in [0.717, 1.165) is 37.1 Å². The molecule has 0 spiro atoms. The quantitative estimate of drug-likeness (QED) is 0.641. The second-order valence-electron chi connectivity index (χ2n) is 7.66. The first kappa shape index (κ1) is 22.3. The number of hydrogen-bond donors (Lipinski definition) is 1. The molecule has 0 aliphatic carbocycles. The molecular formula is C22H30N4O3S. The lowest BCUT2D eigenvalue weighted by atomic mass is 9.98. The van der Waals surface area contributed by atoms with Gasteiger partial charge >= 0.3 is 0 Å². The van der Waals surface area contributed by atoms with E-state index in [1.54, 1.807) is 18.3 Å². The van der Waals surface area contributed by atoms with Gasteiger partial charge in [0, 0.05) is 43.1 Å². The van der Waals surface area contributed by atoms with E-state index >= 15 is 0 Å². The van der Waals surface area contributed by atoms with E-state index in [1.165, 1.54) is 11.8 Å². The third-order valence-electron chi connectivity index (χ3n) is 5.53. The molecule has 1 saturated heterocycles. The minimum atomic E-state index is -0.119. The molecule has 3 rings (SSSR count). The third-order valence-corrected chi connectivity index (χ3v) is 6.56. The fourth-order valence-corrected chi connectivity index (χ4v) is 4.58. The van der Waals surface area contributed by atoms with Gasteiger partial charge in [0.15, 0.2) is 0 Å². The topological polar surface area (TPSA) is 88.3 Å². The highest BCUT2D eigenvalue weighted by Crippen LogP contribution is 2.25. The SMILES string of the molecule is CCC(CC)C(=O)N1CCC(NC(=O)c2cccnc2SCc2cc(C)on2)CC1. The summed E-state index contributed by atoms with van der Waals surface area (Å²) in [6, 6.07) is 5.52. The summed E-state index contributed by atoms with van der Waals surface area (Å²) in [5.41, 5.74) is 1.39. The molecule has 0 unspecified atom stereocenters. The second kappa shape index (κ2) is 10.6. The molecule has 2 aromatic heterocycles. The van der Waals surface area contributed by atoms with Crippen molar-refractivity contribution in [3.05, 3.63) is 41.4 Å². The predicted octanol–water partition coefficient (Wildman–Crippen LogP) is 3.83. The molecule has 0 radical (unpaired) electrons. The Hall–Kier alpha value is -2.35. The van der Waals surface area contributed by atoms with Crippen LogP contribution >= 0.6 is 11.8 Å². The zero-order valence-electron chi connectivity index (χ0n) is 17.9. The summed E-state index contributed by atoms with van der Waals surface area (Å²) in [6.07, 6.45) is 5.00. The average Bonchev–Trinajstić information content (AvgIpc) is 3.19. The Morgan fingerprint density at radius 2 is 2.03 bits per heavy atom. The summed E-state index contributed by atoms with van der Waals surface area (Å²) in [7, 11) is 0. The smallest absolute Gasteiger partial charge is 0.254 e. The minimum absolute atomic E-state index is 0.0690. The Balaban J connectivity index is 1.55. The van der Waals surface area contributed by atoms with Crippen molar-refractivity contribution in [1.29, 1.82) is 0 Å². The summed E-state index contributed by atoms with van der Waals surface area (Å²) in [5, 5.41) is 7.80.